The molecule has 0 unspecified atom stereocenters. The molecule has 0 saturated heterocycles. The van der Waals surface area contributed by atoms with E-state index in [1.54, 1.807) is 54.1 Å². The lowest BCUT2D eigenvalue weighted by atomic mass is 10.1. The van der Waals surface area contributed by atoms with Crippen LogP contribution in [0.25, 0.3) is 5.69 Å². The smallest absolute Gasteiger partial charge is 0.255 e. The second kappa shape index (κ2) is 12.2. The molecular formula is C28H28N8O4. The van der Waals surface area contributed by atoms with Gasteiger partial charge in [0.2, 0.25) is 0 Å². The van der Waals surface area contributed by atoms with Crippen molar-refractivity contribution in [3.8, 4) is 11.4 Å². The molecule has 0 fully saturated rings. The fourth-order valence-electron chi connectivity index (χ4n) is 4.30. The number of methoxy groups -OCH3 is 2. The number of pyridine rings is 1. The Morgan fingerprint density at radius 3 is 2.50 bits per heavy atom. The van der Waals surface area contributed by atoms with Crippen LogP contribution < -0.4 is 15.6 Å². The first-order chi connectivity index (χ1) is 19.5. The third-order valence-electron chi connectivity index (χ3n) is 6.31. The number of rotatable bonds is 11. The molecule has 3 aromatic heterocycles. The van der Waals surface area contributed by atoms with Crippen molar-refractivity contribution in [2.45, 2.75) is 26.2 Å². The predicted molar refractivity (Wildman–Crippen MR) is 145 cm³/mol. The first-order valence-electron chi connectivity index (χ1n) is 12.5. The van der Waals surface area contributed by atoms with Crippen LogP contribution in [0.5, 0.6) is 5.75 Å². The van der Waals surface area contributed by atoms with Crippen molar-refractivity contribution >= 4 is 5.91 Å². The molecule has 40 heavy (non-hydrogen) atoms. The van der Waals surface area contributed by atoms with E-state index < -0.39 is 0 Å². The second-order valence-corrected chi connectivity index (χ2v) is 9.04. The topological polar surface area (TPSA) is 131 Å². The van der Waals surface area contributed by atoms with Crippen molar-refractivity contribution in [2.24, 2.45) is 0 Å². The highest BCUT2D eigenvalue weighted by Crippen LogP contribution is 2.21. The predicted octanol–water partition coefficient (Wildman–Crippen LogP) is 2.20. The Hall–Kier alpha value is -5.10. The molecule has 0 aliphatic heterocycles. The Labute approximate surface area is 229 Å². The van der Waals surface area contributed by atoms with E-state index in [1.165, 1.54) is 11.0 Å². The molecule has 1 amide bonds. The van der Waals surface area contributed by atoms with Crippen LogP contribution in [0.15, 0.2) is 84.2 Å². The van der Waals surface area contributed by atoms with E-state index in [4.69, 9.17) is 9.47 Å². The molecule has 204 valence electrons. The highest BCUT2D eigenvalue weighted by atomic mass is 16.5. The average Bonchev–Trinajstić information content (AvgIpc) is 3.65. The summed E-state index contributed by atoms with van der Waals surface area (Å²) in [6.45, 7) is 1.37. The van der Waals surface area contributed by atoms with Crippen LogP contribution in [-0.4, -0.2) is 54.7 Å². The average molecular weight is 541 g/mol. The summed E-state index contributed by atoms with van der Waals surface area (Å²) < 4.78 is 15.6. The number of hydrogen-bond acceptors (Lipinski definition) is 8. The van der Waals surface area contributed by atoms with Crippen molar-refractivity contribution in [3.63, 3.8) is 0 Å². The molecule has 0 aliphatic rings. The summed E-state index contributed by atoms with van der Waals surface area (Å²) in [6.07, 6.45) is 4.97. The van der Waals surface area contributed by atoms with Gasteiger partial charge in [0.15, 0.2) is 0 Å². The van der Waals surface area contributed by atoms with E-state index in [1.807, 2.05) is 42.5 Å². The lowest BCUT2D eigenvalue weighted by molar-refractivity contribution is 0.0945. The summed E-state index contributed by atoms with van der Waals surface area (Å²) >= 11 is 0. The van der Waals surface area contributed by atoms with Gasteiger partial charge in [-0.1, -0.05) is 30.3 Å². The van der Waals surface area contributed by atoms with Crippen molar-refractivity contribution in [1.29, 1.82) is 0 Å². The number of benzene rings is 2. The third kappa shape index (κ3) is 6.13. The number of amides is 1. The normalized spacial score (nSPS) is 10.9. The van der Waals surface area contributed by atoms with E-state index >= 15 is 0 Å². The fraction of sp³-hybridized carbons (Fsp3) is 0.214. The summed E-state index contributed by atoms with van der Waals surface area (Å²) in [4.78, 5) is 25.2. The molecule has 0 radical (unpaired) electrons. The largest absolute Gasteiger partial charge is 0.497 e. The van der Waals surface area contributed by atoms with Gasteiger partial charge < -0.3 is 19.4 Å². The van der Waals surface area contributed by atoms with Crippen molar-refractivity contribution in [3.05, 3.63) is 118 Å². The summed E-state index contributed by atoms with van der Waals surface area (Å²) in [7, 11) is 3.14. The van der Waals surface area contributed by atoms with Gasteiger partial charge in [-0.15, -0.1) is 5.10 Å². The zero-order chi connectivity index (χ0) is 27.9. The number of ether oxygens (including phenoxy) is 2. The first-order valence-corrected chi connectivity index (χ1v) is 12.5. The monoisotopic (exact) mass is 540 g/mol. The Morgan fingerprint density at radius 1 is 1.00 bits per heavy atom. The maximum Gasteiger partial charge on any atom is 0.255 e. The van der Waals surface area contributed by atoms with E-state index in [0.29, 0.717) is 30.1 Å². The molecule has 5 aromatic rings. The molecule has 12 nitrogen and oxygen atoms in total. The molecule has 0 bridgehead atoms. The van der Waals surface area contributed by atoms with Crippen molar-refractivity contribution in [2.75, 3.05) is 14.2 Å². The van der Waals surface area contributed by atoms with Crippen LogP contribution in [0.4, 0.5) is 0 Å². The Morgan fingerprint density at radius 2 is 1.80 bits per heavy atom. The van der Waals surface area contributed by atoms with Crippen molar-refractivity contribution < 1.29 is 14.3 Å². The molecule has 0 saturated carbocycles. The first kappa shape index (κ1) is 26.5. The van der Waals surface area contributed by atoms with Gasteiger partial charge >= 0.3 is 0 Å². The standard InChI is InChI=1S/C28H28N8O4/c1-39-18-25-24(28(38)29-14-22-13-23(40-2)10-11-26(22)36-19-30-32-33-36)17-35(31-25)16-21-8-6-20(7-9-21)15-34-12-4-3-5-27(34)37/h3-13,17,19H,14-16,18H2,1-2H3,(H,29,38). The molecule has 2 aromatic carbocycles. The maximum absolute atomic E-state index is 13.3. The molecule has 12 heteroatoms. The number of carbonyl (C=O) groups excluding carboxylic acids is 1. The molecule has 3 heterocycles. The van der Waals surface area contributed by atoms with Gasteiger partial charge in [-0.25, -0.2) is 4.68 Å². The van der Waals surface area contributed by atoms with Gasteiger partial charge in [0.1, 0.15) is 17.8 Å². The van der Waals surface area contributed by atoms with Crippen LogP contribution >= 0.6 is 0 Å². The highest BCUT2D eigenvalue weighted by Gasteiger charge is 2.18. The molecule has 0 atom stereocenters. The zero-order valence-electron chi connectivity index (χ0n) is 22.1. The lowest BCUT2D eigenvalue weighted by Crippen LogP contribution is -2.24. The summed E-state index contributed by atoms with van der Waals surface area (Å²) in [5.74, 6) is 0.364. The van der Waals surface area contributed by atoms with E-state index in [2.05, 4.69) is 25.9 Å². The number of carbonyl (C=O) groups is 1. The van der Waals surface area contributed by atoms with Crippen LogP contribution in [-0.2, 0) is 31.0 Å². The van der Waals surface area contributed by atoms with Gasteiger partial charge in [0, 0.05) is 37.7 Å². The fourth-order valence-corrected chi connectivity index (χ4v) is 4.30. The lowest BCUT2D eigenvalue weighted by Gasteiger charge is -2.12. The van der Waals surface area contributed by atoms with Gasteiger partial charge in [0.05, 0.1) is 38.1 Å². The molecular weight excluding hydrogens is 512 g/mol. The Bertz CT molecular complexity index is 1640. The van der Waals surface area contributed by atoms with Crippen LogP contribution in [0.1, 0.15) is 32.7 Å². The third-order valence-corrected chi connectivity index (χ3v) is 6.31. The minimum Gasteiger partial charge on any atom is -0.497 e. The molecule has 5 rings (SSSR count). The van der Waals surface area contributed by atoms with Crippen LogP contribution in [0, 0.1) is 0 Å². The molecule has 0 aliphatic carbocycles. The summed E-state index contributed by atoms with van der Waals surface area (Å²) in [5, 5.41) is 18.9. The summed E-state index contributed by atoms with van der Waals surface area (Å²) in [5.41, 5.74) is 4.43. The molecule has 1 N–H and O–H groups in total. The quantitative estimate of drug-likeness (QED) is 0.270. The Kier molecular flexibility index (Phi) is 8.07. The number of aromatic nitrogens is 7. The Balaban J connectivity index is 1.29. The van der Waals surface area contributed by atoms with E-state index in [-0.39, 0.29) is 24.6 Å². The number of nitrogens with zero attached hydrogens (tertiary/aromatic N) is 7. The zero-order valence-corrected chi connectivity index (χ0v) is 22.1. The highest BCUT2D eigenvalue weighted by molar-refractivity contribution is 5.95. The van der Waals surface area contributed by atoms with Crippen LogP contribution in [0.3, 0.4) is 0 Å². The summed E-state index contributed by atoms with van der Waals surface area (Å²) in [6, 6.07) is 18.5. The van der Waals surface area contributed by atoms with Crippen molar-refractivity contribution in [1.82, 2.24) is 39.9 Å². The maximum atomic E-state index is 13.3. The molecule has 0 spiro atoms. The van der Waals surface area contributed by atoms with E-state index in [0.717, 1.165) is 22.4 Å². The van der Waals surface area contributed by atoms with Gasteiger partial charge in [-0.2, -0.15) is 5.10 Å². The number of nitrogens with one attached hydrogen (secondary N) is 1. The van der Waals surface area contributed by atoms with Gasteiger partial charge in [-0.3, -0.25) is 14.3 Å². The van der Waals surface area contributed by atoms with Gasteiger partial charge in [0.25, 0.3) is 11.5 Å². The minimum absolute atomic E-state index is 0.0439. The van der Waals surface area contributed by atoms with E-state index in [9.17, 15) is 9.59 Å². The van der Waals surface area contributed by atoms with Crippen LogP contribution in [0.2, 0.25) is 0 Å². The number of hydrogen-bond donors (Lipinski definition) is 1. The van der Waals surface area contributed by atoms with Gasteiger partial charge in [-0.05, 0) is 45.8 Å². The number of tetrazole rings is 1. The minimum atomic E-state index is -0.285. The SMILES string of the molecule is COCc1nn(Cc2ccc(Cn3ccccc3=O)cc2)cc1C(=O)NCc1cc(OC)ccc1-n1cnnn1. The second-order valence-electron chi connectivity index (χ2n) is 9.04.